The first-order valence-electron chi connectivity index (χ1n) is 5.58. The summed E-state index contributed by atoms with van der Waals surface area (Å²) in [4.78, 5) is 8.20. The Morgan fingerprint density at radius 3 is 2.94 bits per heavy atom. The first-order chi connectivity index (χ1) is 8.70. The van der Waals surface area contributed by atoms with E-state index in [1.54, 1.807) is 31.7 Å². The van der Waals surface area contributed by atoms with Crippen LogP contribution in [-0.4, -0.2) is 17.0 Å². The van der Waals surface area contributed by atoms with Gasteiger partial charge in [-0.3, -0.25) is 9.97 Å². The Labute approximate surface area is 114 Å². The largest absolute Gasteiger partial charge is 0.311 e. The van der Waals surface area contributed by atoms with Crippen LogP contribution < -0.4 is 5.32 Å². The zero-order chi connectivity index (χ0) is 13.0. The maximum Gasteiger partial charge on any atom is 0.146 e. The van der Waals surface area contributed by atoms with Crippen molar-refractivity contribution in [2.24, 2.45) is 0 Å². The van der Waals surface area contributed by atoms with Crippen molar-refractivity contribution in [1.82, 2.24) is 15.3 Å². The molecule has 0 saturated heterocycles. The van der Waals surface area contributed by atoms with Crippen LogP contribution in [0.25, 0.3) is 0 Å². The van der Waals surface area contributed by atoms with Crippen molar-refractivity contribution in [1.29, 1.82) is 0 Å². The lowest BCUT2D eigenvalue weighted by atomic mass is 10.0. The first kappa shape index (κ1) is 13.1. The molecule has 0 aliphatic carbocycles. The number of aromatic nitrogens is 2. The first-order valence-corrected chi connectivity index (χ1v) is 6.37. The van der Waals surface area contributed by atoms with E-state index < -0.39 is 0 Å². The maximum absolute atomic E-state index is 13.7. The van der Waals surface area contributed by atoms with Gasteiger partial charge in [-0.05, 0) is 53.2 Å². The van der Waals surface area contributed by atoms with E-state index in [9.17, 15) is 4.39 Å². The fourth-order valence-electron chi connectivity index (χ4n) is 1.79. The molecular weight excluding hydrogens is 297 g/mol. The number of rotatable bonds is 4. The lowest BCUT2D eigenvalue weighted by Gasteiger charge is -2.16. The molecule has 18 heavy (non-hydrogen) atoms. The lowest BCUT2D eigenvalue weighted by molar-refractivity contribution is 0.516. The topological polar surface area (TPSA) is 37.8 Å². The molecule has 0 aliphatic heterocycles. The average Bonchev–Trinajstić information content (AvgIpc) is 2.37. The van der Waals surface area contributed by atoms with E-state index in [4.69, 9.17) is 0 Å². The van der Waals surface area contributed by atoms with Crippen molar-refractivity contribution in [3.05, 3.63) is 58.3 Å². The molecule has 0 spiro atoms. The Hall–Kier alpha value is -1.33. The van der Waals surface area contributed by atoms with Crippen molar-refractivity contribution in [3.63, 3.8) is 0 Å². The molecule has 0 aliphatic rings. The highest BCUT2D eigenvalue weighted by Gasteiger charge is 2.15. The van der Waals surface area contributed by atoms with Gasteiger partial charge in [-0.15, -0.1) is 0 Å². The average molecular weight is 310 g/mol. The van der Waals surface area contributed by atoms with E-state index in [2.05, 4.69) is 31.2 Å². The van der Waals surface area contributed by atoms with Crippen LogP contribution in [0.5, 0.6) is 0 Å². The number of hydrogen-bond acceptors (Lipinski definition) is 3. The lowest BCUT2D eigenvalue weighted by Crippen LogP contribution is -2.21. The third-order valence-corrected chi connectivity index (χ3v) is 3.10. The summed E-state index contributed by atoms with van der Waals surface area (Å²) in [7, 11) is 1.80. The highest BCUT2D eigenvalue weighted by Crippen LogP contribution is 2.20. The number of hydrogen-bond donors (Lipinski definition) is 1. The van der Waals surface area contributed by atoms with E-state index in [-0.39, 0.29) is 11.9 Å². The molecule has 2 heterocycles. The van der Waals surface area contributed by atoms with E-state index >= 15 is 0 Å². The normalized spacial score (nSPS) is 12.4. The molecule has 1 N–H and O–H groups in total. The summed E-state index contributed by atoms with van der Waals surface area (Å²) in [6.45, 7) is 0. The molecule has 94 valence electrons. The molecular formula is C13H13BrFN3. The Balaban J connectivity index is 2.23. The summed E-state index contributed by atoms with van der Waals surface area (Å²) >= 11 is 3.37. The molecule has 0 bridgehead atoms. The molecule has 2 aromatic heterocycles. The minimum absolute atomic E-state index is 0.165. The monoisotopic (exact) mass is 309 g/mol. The predicted octanol–water partition coefficient (Wildman–Crippen LogP) is 2.88. The van der Waals surface area contributed by atoms with Crippen LogP contribution in [0, 0.1) is 5.82 Å². The standard InChI is InChI=1S/C13H13BrFN3/c1-16-12(13-11(15)3-2-4-18-13)6-9-5-10(14)8-17-7-9/h2-5,7-8,12,16H,6H2,1H3. The van der Waals surface area contributed by atoms with Crippen LogP contribution in [0.4, 0.5) is 4.39 Å². The number of pyridine rings is 2. The van der Waals surface area contributed by atoms with Gasteiger partial charge in [0.2, 0.25) is 0 Å². The van der Waals surface area contributed by atoms with Crippen molar-refractivity contribution in [3.8, 4) is 0 Å². The Bertz CT molecular complexity index is 533. The SMILES string of the molecule is CNC(Cc1cncc(Br)c1)c1ncccc1F. The Kier molecular flexibility index (Phi) is 4.38. The maximum atomic E-state index is 13.7. The minimum Gasteiger partial charge on any atom is -0.311 e. The third-order valence-electron chi connectivity index (χ3n) is 2.67. The van der Waals surface area contributed by atoms with E-state index in [1.807, 2.05) is 6.07 Å². The Morgan fingerprint density at radius 2 is 2.28 bits per heavy atom. The molecule has 2 aromatic rings. The molecule has 0 saturated carbocycles. The fourth-order valence-corrected chi connectivity index (χ4v) is 2.21. The van der Waals surface area contributed by atoms with Crippen LogP contribution in [0.2, 0.25) is 0 Å². The third kappa shape index (κ3) is 3.11. The van der Waals surface area contributed by atoms with Gasteiger partial charge >= 0.3 is 0 Å². The van der Waals surface area contributed by atoms with Crippen molar-refractivity contribution < 1.29 is 4.39 Å². The second-order valence-electron chi connectivity index (χ2n) is 3.93. The molecule has 0 aromatic carbocycles. The molecule has 0 radical (unpaired) electrons. The van der Waals surface area contributed by atoms with Crippen LogP contribution in [0.15, 0.2) is 41.3 Å². The number of halogens is 2. The molecule has 1 atom stereocenters. The summed E-state index contributed by atoms with van der Waals surface area (Å²) in [5.41, 5.74) is 1.45. The molecule has 0 fully saturated rings. The van der Waals surface area contributed by atoms with Gasteiger partial charge < -0.3 is 5.32 Å². The second-order valence-corrected chi connectivity index (χ2v) is 4.84. The quantitative estimate of drug-likeness (QED) is 0.943. The van der Waals surface area contributed by atoms with Gasteiger partial charge in [0.05, 0.1) is 11.7 Å². The van der Waals surface area contributed by atoms with Gasteiger partial charge in [0.1, 0.15) is 5.82 Å². The molecule has 3 nitrogen and oxygen atoms in total. The highest BCUT2D eigenvalue weighted by molar-refractivity contribution is 9.10. The van der Waals surface area contributed by atoms with E-state index in [0.717, 1.165) is 10.0 Å². The van der Waals surface area contributed by atoms with Crippen molar-refractivity contribution in [2.45, 2.75) is 12.5 Å². The second kappa shape index (κ2) is 6.02. The number of nitrogens with zero attached hydrogens (tertiary/aromatic N) is 2. The van der Waals surface area contributed by atoms with Crippen LogP contribution >= 0.6 is 15.9 Å². The summed E-state index contributed by atoms with van der Waals surface area (Å²) in [6.07, 6.45) is 5.73. The van der Waals surface area contributed by atoms with Crippen molar-refractivity contribution in [2.75, 3.05) is 7.05 Å². The molecule has 2 rings (SSSR count). The van der Waals surface area contributed by atoms with E-state index in [1.165, 1.54) is 6.07 Å². The van der Waals surface area contributed by atoms with Crippen molar-refractivity contribution >= 4 is 15.9 Å². The van der Waals surface area contributed by atoms with Crippen LogP contribution in [0.3, 0.4) is 0 Å². The molecule has 0 amide bonds. The van der Waals surface area contributed by atoms with Gasteiger partial charge in [-0.2, -0.15) is 0 Å². The number of nitrogens with one attached hydrogen (secondary N) is 1. The fraction of sp³-hybridized carbons (Fsp3) is 0.231. The van der Waals surface area contributed by atoms with Crippen LogP contribution in [0.1, 0.15) is 17.3 Å². The minimum atomic E-state index is -0.292. The summed E-state index contributed by atoms with van der Waals surface area (Å²) in [5, 5.41) is 3.08. The zero-order valence-electron chi connectivity index (χ0n) is 9.90. The summed E-state index contributed by atoms with van der Waals surface area (Å²) in [5.74, 6) is -0.292. The molecule has 1 unspecified atom stereocenters. The van der Waals surface area contributed by atoms with Gasteiger partial charge in [0, 0.05) is 23.1 Å². The van der Waals surface area contributed by atoms with Gasteiger partial charge in [0.15, 0.2) is 0 Å². The smallest absolute Gasteiger partial charge is 0.146 e. The number of likely N-dealkylation sites (N-methyl/N-ethyl adjacent to an activating group) is 1. The van der Waals surface area contributed by atoms with Gasteiger partial charge in [-0.25, -0.2) is 4.39 Å². The Morgan fingerprint density at radius 1 is 1.44 bits per heavy atom. The van der Waals surface area contributed by atoms with E-state index in [0.29, 0.717) is 12.1 Å². The summed E-state index contributed by atoms with van der Waals surface area (Å²) in [6, 6.07) is 4.82. The zero-order valence-corrected chi connectivity index (χ0v) is 11.5. The molecule has 5 heteroatoms. The predicted molar refractivity (Wildman–Crippen MR) is 71.6 cm³/mol. The van der Waals surface area contributed by atoms with Crippen LogP contribution in [-0.2, 0) is 6.42 Å². The van der Waals surface area contributed by atoms with Gasteiger partial charge in [0.25, 0.3) is 0 Å². The summed E-state index contributed by atoms with van der Waals surface area (Å²) < 4.78 is 14.6. The highest BCUT2D eigenvalue weighted by atomic mass is 79.9. The van der Waals surface area contributed by atoms with Gasteiger partial charge in [-0.1, -0.05) is 0 Å².